The lowest BCUT2D eigenvalue weighted by Gasteiger charge is -2.42. The van der Waals surface area contributed by atoms with Crippen molar-refractivity contribution in [3.63, 3.8) is 0 Å². The van der Waals surface area contributed by atoms with Gasteiger partial charge in [-0.15, -0.1) is 0 Å². The molecule has 0 spiro atoms. The number of aliphatic hydroxyl groups is 3. The van der Waals surface area contributed by atoms with Crippen LogP contribution in [0.2, 0.25) is 0 Å². The zero-order valence-corrected chi connectivity index (χ0v) is 42.1. The van der Waals surface area contributed by atoms with Crippen LogP contribution >= 0.6 is 0 Å². The summed E-state index contributed by atoms with van der Waals surface area (Å²) in [7, 11) is 1.30. The molecule has 4 aromatic carbocycles. The molecule has 2 aliphatic carbocycles. The number of phenols is 2. The number of aromatic hydroxyl groups is 2. The second-order valence-electron chi connectivity index (χ2n) is 20.3. The van der Waals surface area contributed by atoms with Gasteiger partial charge >= 0.3 is 6.09 Å². The number of alkyl carbamates (subject to hydrolysis) is 1. The number of carbonyl (C=O) groups is 6. The highest BCUT2D eigenvalue weighted by atomic mass is 16.7. The van der Waals surface area contributed by atoms with Crippen LogP contribution < -0.4 is 26.4 Å². The fourth-order valence-electron chi connectivity index (χ4n) is 9.99. The number of Topliss-reactive ketones (excluding diaryl/α,β-unsaturated/α-hetero) is 2. The first-order valence-electron chi connectivity index (χ1n) is 24.8. The Bertz CT molecular complexity index is 2740. The van der Waals surface area contributed by atoms with Gasteiger partial charge in [0.25, 0.3) is 0 Å². The minimum atomic E-state index is -2.39. The molecule has 1 saturated heterocycles. The molecule has 10 N–H and O–H groups in total. The number of fused-ring (bicyclic) bond motifs is 3. The minimum Gasteiger partial charge on any atom is -0.507 e. The van der Waals surface area contributed by atoms with E-state index in [0.717, 1.165) is 5.56 Å². The largest absolute Gasteiger partial charge is 0.507 e. The summed E-state index contributed by atoms with van der Waals surface area (Å²) in [6.45, 7) is 6.62. The zero-order chi connectivity index (χ0) is 53.6. The number of benzene rings is 4. The Hall–Kier alpha value is -6.58. The third-order valence-corrected chi connectivity index (χ3v) is 13.8. The van der Waals surface area contributed by atoms with Gasteiger partial charge in [-0.05, 0) is 82.8 Å². The van der Waals surface area contributed by atoms with E-state index < -0.39 is 114 Å². The molecule has 396 valence electrons. The van der Waals surface area contributed by atoms with Gasteiger partial charge in [-0.3, -0.25) is 24.0 Å². The number of amides is 2. The fourth-order valence-corrected chi connectivity index (χ4v) is 9.99. The Kier molecular flexibility index (Phi) is 17.4. The van der Waals surface area contributed by atoms with Gasteiger partial charge in [0.2, 0.25) is 11.7 Å². The van der Waals surface area contributed by atoms with Crippen molar-refractivity contribution in [3.05, 3.63) is 117 Å². The summed E-state index contributed by atoms with van der Waals surface area (Å²) in [5, 5.41) is 65.2. The quantitative estimate of drug-likeness (QED) is 0.0380. The van der Waals surface area contributed by atoms with Crippen LogP contribution in [0.3, 0.4) is 0 Å². The molecule has 8 atom stereocenters. The maximum Gasteiger partial charge on any atom is 0.407 e. The summed E-state index contributed by atoms with van der Waals surface area (Å²) in [5.41, 5.74) is 3.19. The second-order valence-corrected chi connectivity index (χ2v) is 20.3. The molecule has 1 heterocycles. The third kappa shape index (κ3) is 12.3. The highest BCUT2D eigenvalue weighted by molar-refractivity contribution is 6.31. The van der Waals surface area contributed by atoms with E-state index in [0.29, 0.717) is 43.5 Å². The van der Waals surface area contributed by atoms with Crippen molar-refractivity contribution in [2.45, 2.75) is 133 Å². The van der Waals surface area contributed by atoms with Gasteiger partial charge in [0.1, 0.15) is 42.2 Å². The van der Waals surface area contributed by atoms with Crippen molar-refractivity contribution in [2.75, 3.05) is 25.6 Å². The number of nitrogens with two attached hydrogens (primary N) is 1. The van der Waals surface area contributed by atoms with Crippen LogP contribution in [0.25, 0.3) is 0 Å². The molecule has 1 fully saturated rings. The molecule has 3 aliphatic rings. The zero-order valence-electron chi connectivity index (χ0n) is 42.1. The Balaban J connectivity index is 1.01. The van der Waals surface area contributed by atoms with Gasteiger partial charge in [-0.1, -0.05) is 61.0 Å². The van der Waals surface area contributed by atoms with Crippen LogP contribution in [0.15, 0.2) is 72.8 Å². The van der Waals surface area contributed by atoms with E-state index in [9.17, 15) is 54.3 Å². The molecule has 19 nitrogen and oxygen atoms in total. The molecule has 4 aromatic rings. The molecule has 0 radical (unpaired) electrons. The first-order chi connectivity index (χ1) is 35.2. The van der Waals surface area contributed by atoms with Gasteiger partial charge in [0, 0.05) is 59.5 Å². The number of nitrogens with one attached hydrogen (secondary N) is 3. The van der Waals surface area contributed by atoms with Crippen molar-refractivity contribution in [3.8, 4) is 17.2 Å². The minimum absolute atomic E-state index is 0.0300. The van der Waals surface area contributed by atoms with E-state index >= 15 is 0 Å². The van der Waals surface area contributed by atoms with Crippen LogP contribution in [0.4, 0.5) is 10.5 Å². The third-order valence-electron chi connectivity index (χ3n) is 13.8. The number of ketones is 4. The number of hydrogen-bond donors (Lipinski definition) is 9. The van der Waals surface area contributed by atoms with Crippen LogP contribution in [0, 0.1) is 5.92 Å². The lowest BCUT2D eigenvalue weighted by Crippen LogP contribution is -2.56. The van der Waals surface area contributed by atoms with Crippen molar-refractivity contribution >= 4 is 40.8 Å². The van der Waals surface area contributed by atoms with E-state index in [1.807, 2.05) is 51.1 Å². The van der Waals surface area contributed by atoms with Crippen molar-refractivity contribution in [1.29, 1.82) is 0 Å². The van der Waals surface area contributed by atoms with Crippen LogP contribution in [0.5, 0.6) is 17.2 Å². The molecular formula is C55H66N4O15. The predicted octanol–water partition coefficient (Wildman–Crippen LogP) is 4.61. The van der Waals surface area contributed by atoms with Crippen LogP contribution in [-0.2, 0) is 48.0 Å². The van der Waals surface area contributed by atoms with Crippen molar-refractivity contribution in [1.82, 2.24) is 10.6 Å². The summed E-state index contributed by atoms with van der Waals surface area (Å²) in [6.07, 6.45) is -5.24. The fraction of sp³-hybridized carbons (Fsp3) is 0.455. The number of methoxy groups -OCH3 is 1. The molecule has 0 aromatic heterocycles. The molecule has 2 amide bonds. The van der Waals surface area contributed by atoms with Crippen LogP contribution in [0.1, 0.15) is 126 Å². The first-order valence-corrected chi connectivity index (χ1v) is 24.8. The Morgan fingerprint density at radius 3 is 2.27 bits per heavy atom. The van der Waals surface area contributed by atoms with Gasteiger partial charge in [0.05, 0.1) is 48.1 Å². The van der Waals surface area contributed by atoms with E-state index in [2.05, 4.69) is 16.0 Å². The van der Waals surface area contributed by atoms with Crippen molar-refractivity contribution in [2.24, 2.45) is 11.7 Å². The number of hydrogen-bond acceptors (Lipinski definition) is 17. The maximum absolute atomic E-state index is 14.1. The molecular weight excluding hydrogens is 957 g/mol. The molecule has 7 rings (SSSR count). The highest BCUT2D eigenvalue weighted by Crippen LogP contribution is 2.52. The summed E-state index contributed by atoms with van der Waals surface area (Å²) >= 11 is 0. The van der Waals surface area contributed by atoms with Gasteiger partial charge < -0.3 is 66.2 Å². The summed E-state index contributed by atoms with van der Waals surface area (Å²) in [5.74, 6) is -5.21. The first kappa shape index (κ1) is 55.2. The number of carbonyl (C=O) groups excluding carboxylic acids is 6. The normalized spacial score (nSPS) is 22.1. The number of rotatable bonds is 20. The lowest BCUT2D eigenvalue weighted by atomic mass is 9.72. The topological polar surface area (TPSA) is 303 Å². The summed E-state index contributed by atoms with van der Waals surface area (Å²) < 4.78 is 23.1. The van der Waals surface area contributed by atoms with E-state index in [4.69, 9.17) is 24.7 Å². The highest BCUT2D eigenvalue weighted by Gasteiger charge is 2.50. The molecule has 1 aliphatic heterocycles. The van der Waals surface area contributed by atoms with E-state index in [1.165, 1.54) is 32.2 Å². The Labute approximate surface area is 428 Å². The number of phenolic OH excluding ortho intramolecular Hbond substituents is 2. The van der Waals surface area contributed by atoms with E-state index in [-0.39, 0.29) is 64.7 Å². The molecule has 74 heavy (non-hydrogen) atoms. The predicted molar refractivity (Wildman–Crippen MR) is 269 cm³/mol. The average molecular weight is 1020 g/mol. The molecule has 3 unspecified atom stereocenters. The monoisotopic (exact) mass is 1020 g/mol. The van der Waals surface area contributed by atoms with Gasteiger partial charge in [0.15, 0.2) is 23.6 Å². The van der Waals surface area contributed by atoms with Gasteiger partial charge in [-0.2, -0.15) is 0 Å². The Morgan fingerprint density at radius 1 is 0.905 bits per heavy atom. The SMILES string of the molecule is COc1cccc2c1C(=O)c1c(O)c3c(c(O)c1C2=O)C[C@](O)(C(=O)CO)C[C@H]3OC1C[C@@H](NC(=O)OCc2ccc(NC(=O)C(CCCCN)CC(=O)C(Cc3ccccc3)NC(C)(C)C)cc2)[C@@H](O)[C@@H](C)O1. The van der Waals surface area contributed by atoms with Crippen LogP contribution in [-0.4, -0.2) is 123 Å². The maximum atomic E-state index is 14.1. The number of aliphatic hydroxyl groups excluding tert-OH is 2. The van der Waals surface area contributed by atoms with Gasteiger partial charge in [-0.25, -0.2) is 4.79 Å². The number of anilines is 1. The summed E-state index contributed by atoms with van der Waals surface area (Å²) in [6, 6.07) is 19.0. The molecule has 0 saturated carbocycles. The molecule has 19 heteroatoms. The number of ether oxygens (including phenoxy) is 4. The number of unbranched alkanes of at least 4 members (excludes halogenated alkanes) is 1. The van der Waals surface area contributed by atoms with Crippen molar-refractivity contribution < 1.29 is 73.2 Å². The smallest absolute Gasteiger partial charge is 0.407 e. The second kappa shape index (κ2) is 23.3. The van der Waals surface area contributed by atoms with E-state index in [1.54, 1.807) is 24.3 Å². The lowest BCUT2D eigenvalue weighted by molar-refractivity contribution is -0.249. The summed E-state index contributed by atoms with van der Waals surface area (Å²) in [4.78, 5) is 81.9. The Morgan fingerprint density at radius 2 is 1.61 bits per heavy atom. The molecule has 0 bridgehead atoms. The average Bonchev–Trinajstić information content (AvgIpc) is 3.37. The standard InChI is InChI=1S/C55H66N4O15/c1-29-47(63)37(24-42(73-29)74-40-26-55(70,41(62)27-60)25-35-44(40)51(67)46-45(49(35)65)48(64)34-15-11-16-39(71-5)43(34)50(46)66)58-53(69)72-28-31-17-19-33(20-18-31)57-52(68)32(14-9-10-21-56)23-38(61)36(59-54(2,3)4)22-30-12-7-6-8-13-30/h6-8,11-13,15-20,29,32,36-37,40,42,47,59-60,63,65,67,70H,9-10,14,21-28,56H2,1-5H3,(H,57,68)(H,58,69)/t29-,32?,36?,37-,40-,42?,47+,55-/m1/s1.